The van der Waals surface area contributed by atoms with E-state index >= 15 is 0 Å². The highest BCUT2D eigenvalue weighted by atomic mass is 32.2. The fourth-order valence-corrected chi connectivity index (χ4v) is 3.42. The van der Waals surface area contributed by atoms with Crippen molar-refractivity contribution in [1.29, 1.82) is 0 Å². The van der Waals surface area contributed by atoms with Crippen LogP contribution in [0.2, 0.25) is 0 Å². The third-order valence-corrected chi connectivity index (χ3v) is 5.10. The minimum Gasteiger partial charge on any atom is -0.375 e. The normalized spacial score (nSPS) is 26.2. The summed E-state index contributed by atoms with van der Waals surface area (Å²) in [7, 11) is 0. The van der Waals surface area contributed by atoms with Crippen molar-refractivity contribution in [3.63, 3.8) is 0 Å². The molecule has 0 aromatic heterocycles. The first-order valence-corrected chi connectivity index (χ1v) is 10.7. The summed E-state index contributed by atoms with van der Waals surface area (Å²) < 4.78 is 0. The predicted molar refractivity (Wildman–Crippen MR) is 111 cm³/mol. The van der Waals surface area contributed by atoms with Crippen molar-refractivity contribution in [2.24, 2.45) is 5.92 Å². The molecule has 0 saturated heterocycles. The van der Waals surface area contributed by atoms with Crippen molar-refractivity contribution in [2.45, 2.75) is 52.0 Å². The van der Waals surface area contributed by atoms with Gasteiger partial charge in [-0.15, -0.1) is 0 Å². The van der Waals surface area contributed by atoms with Gasteiger partial charge in [-0.1, -0.05) is 19.9 Å². The van der Waals surface area contributed by atoms with Crippen molar-refractivity contribution in [3.8, 4) is 0 Å². The SMILES string of the molecule is CCNC(=O)N[C@H](C(=O)N[C@H]1CSCCNC(O)/C=C/[C@H](C)NC1=O)C(C)C. The van der Waals surface area contributed by atoms with Gasteiger partial charge in [-0.05, 0) is 25.8 Å². The zero-order chi connectivity index (χ0) is 21.1. The lowest BCUT2D eigenvalue weighted by molar-refractivity contribution is -0.130. The second kappa shape index (κ2) is 12.6. The van der Waals surface area contributed by atoms with Gasteiger partial charge >= 0.3 is 6.03 Å². The molecule has 0 radical (unpaired) electrons. The fourth-order valence-electron chi connectivity index (χ4n) is 2.53. The van der Waals surface area contributed by atoms with Crippen LogP contribution in [0.4, 0.5) is 4.79 Å². The Labute approximate surface area is 170 Å². The highest BCUT2D eigenvalue weighted by Gasteiger charge is 2.29. The summed E-state index contributed by atoms with van der Waals surface area (Å²) in [5.41, 5.74) is 0. The molecule has 1 rings (SSSR count). The molecule has 9 nitrogen and oxygen atoms in total. The molecule has 6 N–H and O–H groups in total. The largest absolute Gasteiger partial charge is 0.375 e. The monoisotopic (exact) mass is 415 g/mol. The van der Waals surface area contributed by atoms with Gasteiger partial charge < -0.3 is 26.4 Å². The van der Waals surface area contributed by atoms with Crippen LogP contribution in [-0.2, 0) is 9.59 Å². The number of hydrogen-bond acceptors (Lipinski definition) is 6. The number of urea groups is 1. The van der Waals surface area contributed by atoms with Gasteiger partial charge in [0.2, 0.25) is 11.8 Å². The maximum absolute atomic E-state index is 12.7. The number of nitrogens with one attached hydrogen (secondary N) is 5. The number of thioether (sulfide) groups is 1. The molecule has 0 spiro atoms. The molecule has 4 amide bonds. The van der Waals surface area contributed by atoms with Crippen molar-refractivity contribution < 1.29 is 19.5 Å². The van der Waals surface area contributed by atoms with Gasteiger partial charge in [-0.25, -0.2) is 4.79 Å². The van der Waals surface area contributed by atoms with Crippen molar-refractivity contribution in [3.05, 3.63) is 12.2 Å². The molecular formula is C18H33N5O4S. The number of carbonyl (C=O) groups excluding carboxylic acids is 3. The minimum atomic E-state index is -0.762. The second-order valence-electron chi connectivity index (χ2n) is 6.94. The molecule has 0 aliphatic carbocycles. The number of amides is 4. The van der Waals surface area contributed by atoms with E-state index in [0.717, 1.165) is 0 Å². The first-order valence-electron chi connectivity index (χ1n) is 9.57. The average molecular weight is 416 g/mol. The van der Waals surface area contributed by atoms with Gasteiger partial charge in [0.1, 0.15) is 18.3 Å². The summed E-state index contributed by atoms with van der Waals surface area (Å²) >= 11 is 1.49. The van der Waals surface area contributed by atoms with E-state index in [1.807, 2.05) is 13.8 Å². The van der Waals surface area contributed by atoms with Crippen LogP contribution < -0.4 is 26.6 Å². The van der Waals surface area contributed by atoms with Gasteiger partial charge in [-0.2, -0.15) is 11.8 Å². The molecule has 28 heavy (non-hydrogen) atoms. The lowest BCUT2D eigenvalue weighted by atomic mass is 10.0. The molecule has 0 bridgehead atoms. The van der Waals surface area contributed by atoms with Gasteiger partial charge in [0, 0.05) is 30.6 Å². The van der Waals surface area contributed by atoms with Crippen molar-refractivity contribution in [1.82, 2.24) is 26.6 Å². The van der Waals surface area contributed by atoms with E-state index in [-0.39, 0.29) is 17.9 Å². The Balaban J connectivity index is 2.82. The van der Waals surface area contributed by atoms with E-state index in [0.29, 0.717) is 24.6 Å². The van der Waals surface area contributed by atoms with Crippen LogP contribution in [-0.4, -0.2) is 71.9 Å². The first-order chi connectivity index (χ1) is 13.2. The fraction of sp³-hybridized carbons (Fsp3) is 0.722. The zero-order valence-corrected chi connectivity index (χ0v) is 17.8. The molecule has 160 valence electrons. The highest BCUT2D eigenvalue weighted by molar-refractivity contribution is 7.99. The Bertz CT molecular complexity index is 558. The van der Waals surface area contributed by atoms with Crippen LogP contribution in [0, 0.1) is 5.92 Å². The van der Waals surface area contributed by atoms with Crippen LogP contribution in [0.15, 0.2) is 12.2 Å². The lowest BCUT2D eigenvalue weighted by Crippen LogP contribution is -2.58. The Morgan fingerprint density at radius 2 is 2.07 bits per heavy atom. The van der Waals surface area contributed by atoms with Crippen LogP contribution in [0.5, 0.6) is 0 Å². The van der Waals surface area contributed by atoms with Gasteiger partial charge in [-0.3, -0.25) is 14.9 Å². The zero-order valence-electron chi connectivity index (χ0n) is 17.0. The number of aliphatic hydroxyl groups excluding tert-OH is 1. The van der Waals surface area contributed by atoms with Crippen LogP contribution in [0.1, 0.15) is 27.7 Å². The molecule has 0 fully saturated rings. The molecule has 0 aromatic rings. The van der Waals surface area contributed by atoms with Crippen LogP contribution in [0.3, 0.4) is 0 Å². The van der Waals surface area contributed by atoms with E-state index < -0.39 is 30.2 Å². The maximum atomic E-state index is 12.7. The van der Waals surface area contributed by atoms with Crippen molar-refractivity contribution in [2.75, 3.05) is 24.6 Å². The Hall–Kier alpha value is -1.78. The van der Waals surface area contributed by atoms with E-state index in [4.69, 9.17) is 0 Å². The number of rotatable bonds is 5. The quantitative estimate of drug-likeness (QED) is 0.337. The second-order valence-corrected chi connectivity index (χ2v) is 8.09. The summed E-state index contributed by atoms with van der Waals surface area (Å²) in [4.78, 5) is 37.2. The van der Waals surface area contributed by atoms with Gasteiger partial charge in [0.15, 0.2) is 0 Å². The average Bonchev–Trinajstić information content (AvgIpc) is 2.62. The number of carbonyl (C=O) groups is 3. The molecule has 0 aromatic carbocycles. The van der Waals surface area contributed by atoms with E-state index in [1.165, 1.54) is 11.8 Å². The smallest absolute Gasteiger partial charge is 0.315 e. The Kier molecular flexibility index (Phi) is 10.9. The standard InChI is InChI=1S/C18H33N5O4S/c1-5-19-18(27)23-15(11(2)3)17(26)22-13-10-28-9-8-20-14(24)7-6-12(4)21-16(13)25/h6-7,11-15,20,24H,5,8-10H2,1-4H3,(H,21,25)(H,22,26)(H2,19,23,27)/b7-6+/t12-,13-,14?,15-/m0/s1. The number of hydrogen-bond donors (Lipinski definition) is 6. The summed E-state index contributed by atoms with van der Waals surface area (Å²) in [6.07, 6.45) is 2.51. The van der Waals surface area contributed by atoms with Crippen LogP contribution in [0.25, 0.3) is 0 Å². The minimum absolute atomic E-state index is 0.142. The Morgan fingerprint density at radius 1 is 1.36 bits per heavy atom. The summed E-state index contributed by atoms with van der Waals surface area (Å²) in [5.74, 6) is 0.215. The molecule has 1 unspecified atom stereocenters. The third-order valence-electron chi connectivity index (χ3n) is 4.04. The Morgan fingerprint density at radius 3 is 2.71 bits per heavy atom. The molecule has 1 heterocycles. The molecular weight excluding hydrogens is 382 g/mol. The summed E-state index contributed by atoms with van der Waals surface area (Å²) in [6.45, 7) is 8.26. The molecule has 0 saturated carbocycles. The van der Waals surface area contributed by atoms with Crippen LogP contribution >= 0.6 is 11.8 Å². The lowest BCUT2D eigenvalue weighted by Gasteiger charge is -2.26. The maximum Gasteiger partial charge on any atom is 0.315 e. The van der Waals surface area contributed by atoms with Crippen molar-refractivity contribution >= 4 is 29.6 Å². The van der Waals surface area contributed by atoms with E-state index in [9.17, 15) is 19.5 Å². The first kappa shape index (κ1) is 24.3. The summed E-state index contributed by atoms with van der Waals surface area (Å²) in [6, 6.07) is -2.20. The molecule has 1 aliphatic heterocycles. The number of aliphatic hydroxyl groups is 1. The van der Waals surface area contributed by atoms with E-state index in [1.54, 1.807) is 26.0 Å². The molecule has 1 aliphatic rings. The highest BCUT2D eigenvalue weighted by Crippen LogP contribution is 2.07. The summed E-state index contributed by atoms with van der Waals surface area (Å²) in [5, 5.41) is 23.5. The van der Waals surface area contributed by atoms with Gasteiger partial charge in [0.05, 0.1) is 0 Å². The predicted octanol–water partition coefficient (Wildman–Crippen LogP) is -0.469. The van der Waals surface area contributed by atoms with E-state index in [2.05, 4.69) is 26.6 Å². The molecule has 10 heteroatoms. The molecule has 4 atom stereocenters. The topological polar surface area (TPSA) is 132 Å². The third kappa shape index (κ3) is 8.94. The van der Waals surface area contributed by atoms with Gasteiger partial charge in [0.25, 0.3) is 0 Å².